The van der Waals surface area contributed by atoms with Crippen LogP contribution in [0.5, 0.6) is 0 Å². The molecule has 1 aliphatic carbocycles. The highest BCUT2D eigenvalue weighted by atomic mass is 19.1. The lowest BCUT2D eigenvalue weighted by molar-refractivity contribution is -0.665. The molecule has 0 unspecified atom stereocenters. The fourth-order valence-electron chi connectivity index (χ4n) is 18.3. The normalized spacial score (nSPS) is 12.9. The third-order valence-electron chi connectivity index (χ3n) is 26.7. The van der Waals surface area contributed by atoms with Gasteiger partial charge in [-0.2, -0.15) is 18.3 Å². The smallest absolute Gasteiger partial charge is 0.207 e. The minimum Gasteiger partial charge on any atom is -0.207 e. The van der Waals surface area contributed by atoms with Gasteiger partial charge in [0.25, 0.3) is 0 Å². The second-order valence-corrected chi connectivity index (χ2v) is 37.1. The number of halogens is 5. The van der Waals surface area contributed by atoms with Gasteiger partial charge in [0.15, 0.2) is 28.9 Å². The van der Waals surface area contributed by atoms with Crippen LogP contribution in [-0.2, 0) is 40.7 Å². The minimum atomic E-state index is -0.384. The first-order valence-corrected chi connectivity index (χ1v) is 45.0. The summed E-state index contributed by atoms with van der Waals surface area (Å²) in [6.45, 7) is 40.1. The Labute approximate surface area is 770 Å². The molecule has 17 aromatic rings. The summed E-state index contributed by atoms with van der Waals surface area (Å²) >= 11 is 0. The number of hydrogen-bond donors (Lipinski definition) is 0. The zero-order valence-corrected chi connectivity index (χ0v) is 79.5. The Morgan fingerprint density at radius 1 is 0.326 bits per heavy atom. The highest BCUT2D eigenvalue weighted by molar-refractivity contribution is 5.99. The van der Waals surface area contributed by atoms with Gasteiger partial charge in [0.1, 0.15) is 65.7 Å². The molecule has 129 heavy (non-hydrogen) atoms. The van der Waals surface area contributed by atoms with Gasteiger partial charge in [-0.05, 0) is 329 Å². The second-order valence-electron chi connectivity index (χ2n) is 37.1. The second kappa shape index (κ2) is 38.3. The predicted octanol–water partition coefficient (Wildman–Crippen LogP) is 29.6. The van der Waals surface area contributed by atoms with E-state index in [1.165, 1.54) is 159 Å². The highest BCUT2D eigenvalue weighted by Gasteiger charge is 2.30. The average molecular weight is 1730 g/mol. The molecule has 10 heteroatoms. The van der Waals surface area contributed by atoms with E-state index in [4.69, 9.17) is 8.22 Å². The molecule has 1 fully saturated rings. The quantitative estimate of drug-likeness (QED) is 0.0960. The van der Waals surface area contributed by atoms with Crippen molar-refractivity contribution in [3.05, 3.63) is 373 Å². The lowest BCUT2D eigenvalue weighted by Gasteiger charge is -2.22. The largest absolute Gasteiger partial charge is 0.220 e. The first-order valence-electron chi connectivity index (χ1n) is 48.0. The van der Waals surface area contributed by atoms with Crippen molar-refractivity contribution in [2.75, 3.05) is 0 Å². The molecule has 0 N–H and O–H groups in total. The first-order chi connectivity index (χ1) is 63.9. The molecule has 656 valence electrons. The van der Waals surface area contributed by atoms with E-state index in [0.717, 1.165) is 123 Å². The lowest BCUT2D eigenvalue weighted by atomic mass is 9.83. The number of nitrogens with zero attached hydrogens (tertiary/aromatic N) is 5. The van der Waals surface area contributed by atoms with Crippen molar-refractivity contribution in [1.82, 2.24) is 0 Å². The fraction of sp³-hybridized carbons (Fsp3) is 0.269. The van der Waals surface area contributed by atoms with Gasteiger partial charge in [0.2, 0.25) is 28.5 Å². The van der Waals surface area contributed by atoms with Crippen LogP contribution in [0.15, 0.2) is 255 Å². The number of aryl methyl sites for hydroxylation is 4. The lowest BCUT2D eigenvalue weighted by Crippen LogP contribution is -2.35. The van der Waals surface area contributed by atoms with Crippen LogP contribution in [0.2, 0.25) is 0 Å². The molecule has 1 aliphatic rings. The molecule has 5 heterocycles. The van der Waals surface area contributed by atoms with E-state index in [2.05, 4.69) is 209 Å². The van der Waals surface area contributed by atoms with Crippen LogP contribution in [-0.4, -0.2) is 0 Å². The summed E-state index contributed by atoms with van der Waals surface area (Å²) in [5.74, 6) is -0.205. The topological polar surface area (TPSA) is 19.4 Å². The van der Waals surface area contributed by atoms with Gasteiger partial charge in [0, 0.05) is 57.9 Å². The molecule has 5 nitrogen and oxygen atoms in total. The van der Waals surface area contributed by atoms with Gasteiger partial charge < -0.3 is 0 Å². The Bertz CT molecular complexity index is 7560. The number of aromatic nitrogens is 5. The highest BCUT2D eigenvalue weighted by Crippen LogP contribution is 2.43. The minimum absolute atomic E-state index is 0.0398. The Balaban J connectivity index is 0.000000135. The number of hydrogen-bond acceptors (Lipinski definition) is 0. The molecule has 0 bridgehead atoms. The molecule has 0 aliphatic heterocycles. The summed E-state index contributed by atoms with van der Waals surface area (Å²) in [7, 11) is 9.77. The van der Waals surface area contributed by atoms with Crippen LogP contribution in [0.4, 0.5) is 22.0 Å². The van der Waals surface area contributed by atoms with Gasteiger partial charge >= 0.3 is 0 Å². The summed E-state index contributed by atoms with van der Waals surface area (Å²) in [6.07, 6.45) is 5.25. The zero-order chi connectivity index (χ0) is 97.8. The monoisotopic (exact) mass is 1730 g/mol. The molecule has 5 aromatic heterocycles. The molecule has 0 atom stereocenters. The van der Waals surface area contributed by atoms with Crippen LogP contribution in [0.3, 0.4) is 0 Å². The van der Waals surface area contributed by atoms with Crippen molar-refractivity contribution in [2.45, 2.75) is 180 Å². The van der Waals surface area contributed by atoms with Crippen molar-refractivity contribution in [3.8, 4) is 78.5 Å². The van der Waals surface area contributed by atoms with Gasteiger partial charge in [-0.3, -0.25) is 0 Å². The van der Waals surface area contributed by atoms with Crippen LogP contribution >= 0.6 is 0 Å². The predicted molar refractivity (Wildman–Crippen MR) is 528 cm³/mol. The Kier molecular flexibility index (Phi) is 25.1. The molecule has 12 aromatic carbocycles. The maximum atomic E-state index is 13.9. The van der Waals surface area contributed by atoms with E-state index in [9.17, 15) is 22.0 Å². The molecule has 18 rings (SSSR count). The standard InChI is InChI=1S/C25H23FN.C24H27FN.C24H21FN.2C23H27FN/c1-16-12-20(19-8-6-5-7-9-19)15-24(18(16)3)25-23-11-10-22(26)14-21(23)13-17(2)27(25)4;1-15-11-19(18-7-5-6-8-18)14-23(17(15)3)24-22-10-9-21(25)13-20(22)12-16(2)26(24)4;1-16-9-10-19(18-7-5-4-6-8-18)15-23(16)24-22-12-11-21(25)14-20(22)13-17(2)26(24)3;1-14-10-18(23(4,5)6)13-21(16(14)3)22-20-9-8-19(24)12-17(20)11-15(2)25(22)7;1-14(2)18-12-21(15(3)4)16(5)22(13-18)23-20-8-7-19(24)11-17(20)9-10-25(23)6/h5-15H,1-4H3;9-14,18H,5-8H2,1-4H3;4-15H,1-3H3;8-13H,1-7H3;7-15H,1-6H3/q5*+1/i13D;12D;13D;11D;9D,10D. The molecule has 0 spiro atoms. The first kappa shape index (κ1) is 84.5. The molecule has 1 saturated carbocycles. The summed E-state index contributed by atoms with van der Waals surface area (Å²) in [5.41, 5.74) is 33.6. The zero-order valence-electron chi connectivity index (χ0n) is 85.5. The summed E-state index contributed by atoms with van der Waals surface area (Å²) in [4.78, 5) is 0. The van der Waals surface area contributed by atoms with Crippen LogP contribution in [0.1, 0.15) is 190 Å². The third kappa shape index (κ3) is 19.5. The van der Waals surface area contributed by atoms with E-state index < -0.39 is 0 Å². The molecule has 0 saturated heterocycles. The SMILES string of the molecule is [2H]c1c(C)[n+](C)c(-c2cc(-c3ccccc3)cc(C)c2C)c2ccc(F)cc12.[2H]c1c(C)[n+](C)c(-c2cc(-c3ccccc3)ccc2C)c2ccc(F)cc12.[2H]c1c(C)[n+](C)c(-c2cc(C(C)(C)C)cc(C)c2C)c2ccc(F)cc12.[2H]c1c(C)[n+](C)c(-c2cc(C3CCCC3)cc(C)c2C)c2ccc(F)cc12.[2H]c1c([2H])[n+](C)c(-c2cc(C(C)C)cc(C(C)C)c2C)c2ccc(F)cc12. The van der Waals surface area contributed by atoms with Crippen molar-refractivity contribution >= 4 is 53.9 Å². The summed E-state index contributed by atoms with van der Waals surface area (Å²) < 4.78 is 130. The van der Waals surface area contributed by atoms with E-state index in [-0.39, 0.29) is 46.7 Å². The van der Waals surface area contributed by atoms with Crippen molar-refractivity contribution in [2.24, 2.45) is 35.2 Å². The molecule has 0 radical (unpaired) electrons. The van der Waals surface area contributed by atoms with Crippen LogP contribution in [0, 0.1) is 112 Å². The number of rotatable bonds is 10. The number of pyridine rings is 5. The Morgan fingerprint density at radius 3 is 1.11 bits per heavy atom. The van der Waals surface area contributed by atoms with Crippen molar-refractivity contribution < 1.29 is 53.0 Å². The van der Waals surface area contributed by atoms with Gasteiger partial charge in [-0.25, -0.2) is 26.5 Å². The Morgan fingerprint density at radius 2 is 0.690 bits per heavy atom. The number of benzene rings is 12. The van der Waals surface area contributed by atoms with E-state index in [0.29, 0.717) is 68.9 Å². The molecule has 0 amide bonds. The third-order valence-corrected chi connectivity index (χ3v) is 26.7. The van der Waals surface area contributed by atoms with E-state index in [1.807, 2.05) is 110 Å². The fourth-order valence-corrected chi connectivity index (χ4v) is 18.3. The van der Waals surface area contributed by atoms with Crippen LogP contribution < -0.4 is 22.8 Å². The van der Waals surface area contributed by atoms with Gasteiger partial charge in [0.05, 0.1) is 61.6 Å². The maximum absolute atomic E-state index is 13.9. The van der Waals surface area contributed by atoms with Crippen molar-refractivity contribution in [1.29, 1.82) is 0 Å². The van der Waals surface area contributed by atoms with Crippen LogP contribution in [0.25, 0.3) is 132 Å². The number of fused-ring (bicyclic) bond motifs is 5. The molecular formula is C119H125F5N5+5. The van der Waals surface area contributed by atoms with E-state index in [1.54, 1.807) is 28.8 Å². The van der Waals surface area contributed by atoms with Gasteiger partial charge in [-0.15, -0.1) is 0 Å². The summed E-state index contributed by atoms with van der Waals surface area (Å²) in [6, 6.07) is 70.3. The van der Waals surface area contributed by atoms with Gasteiger partial charge in [-0.1, -0.05) is 158 Å². The van der Waals surface area contributed by atoms with E-state index >= 15 is 0 Å². The maximum Gasteiger partial charge on any atom is 0.220 e. The van der Waals surface area contributed by atoms with Crippen molar-refractivity contribution in [3.63, 3.8) is 0 Å². The molecular weight excluding hydrogens is 1590 g/mol. The Hall–Kier alpha value is -12.7. The summed E-state index contributed by atoms with van der Waals surface area (Å²) in [5, 5.41) is 7.57. The average Bonchev–Trinajstić information content (AvgIpc) is 1.16.